The van der Waals surface area contributed by atoms with Gasteiger partial charge in [0.1, 0.15) is 5.82 Å². The molecule has 8 nitrogen and oxygen atoms in total. The second-order valence-electron chi connectivity index (χ2n) is 11.9. The first-order chi connectivity index (χ1) is 18.8. The number of carbonyl (C=O) groups is 2. The van der Waals surface area contributed by atoms with E-state index in [1.807, 2.05) is 52.0 Å². The number of hydrogen-bond acceptors (Lipinski definition) is 5. The quantitative estimate of drug-likeness (QED) is 0.459. The largest absolute Gasteiger partial charge is 0.494 e. The van der Waals surface area contributed by atoms with E-state index in [0.29, 0.717) is 40.6 Å². The van der Waals surface area contributed by atoms with Crippen LogP contribution in [0.1, 0.15) is 56.5 Å². The molecule has 3 heterocycles. The van der Waals surface area contributed by atoms with Crippen LogP contribution < -0.4 is 5.46 Å². The molecule has 1 aromatic heterocycles. The third-order valence-corrected chi connectivity index (χ3v) is 8.44. The lowest BCUT2D eigenvalue weighted by Crippen LogP contribution is -2.43. The predicted octanol–water partition coefficient (Wildman–Crippen LogP) is 4.86. The van der Waals surface area contributed by atoms with Crippen molar-refractivity contribution in [3.05, 3.63) is 59.5 Å². The van der Waals surface area contributed by atoms with Gasteiger partial charge in [-0.3, -0.25) is 9.78 Å². The van der Waals surface area contributed by atoms with E-state index in [1.54, 1.807) is 25.1 Å². The molecule has 5 rings (SSSR count). The summed E-state index contributed by atoms with van der Waals surface area (Å²) < 4.78 is 27.0. The summed E-state index contributed by atoms with van der Waals surface area (Å²) in [5.74, 6) is -0.705. The zero-order chi connectivity index (χ0) is 29.0. The standard InChI is InChI=1S/C30H35BFN3O5/c1-18-12-19(14-21(32)13-18)24-16-33-25-10-9-20(31-39-29(2,3)30(4,5)40-31)15-23(25)26(24)27(36)34(6)17-22-8-7-11-35(22)28(37)38/h9-10,12-16,22H,7-8,11,17H2,1-6H3,(H,37,38)/t22-/m0/s1. The summed E-state index contributed by atoms with van der Waals surface area (Å²) in [5.41, 5.74) is 2.39. The molecule has 1 N–H and O–H groups in total. The minimum Gasteiger partial charge on any atom is -0.465 e. The number of fused-ring (bicyclic) bond motifs is 1. The number of nitrogens with zero attached hydrogens (tertiary/aromatic N) is 3. The highest BCUT2D eigenvalue weighted by Gasteiger charge is 2.51. The molecule has 3 aromatic rings. The van der Waals surface area contributed by atoms with Gasteiger partial charge in [0, 0.05) is 37.3 Å². The first kappa shape index (κ1) is 28.0. The minimum atomic E-state index is -0.985. The molecular weight excluding hydrogens is 512 g/mol. The minimum absolute atomic E-state index is 0.244. The molecule has 210 valence electrons. The summed E-state index contributed by atoms with van der Waals surface area (Å²) in [6.07, 6.45) is 2.05. The van der Waals surface area contributed by atoms with E-state index in [4.69, 9.17) is 9.31 Å². The van der Waals surface area contributed by atoms with Crippen LogP contribution in [-0.4, -0.2) is 76.4 Å². The Morgan fingerprint density at radius 1 is 1.15 bits per heavy atom. The summed E-state index contributed by atoms with van der Waals surface area (Å²) in [6.45, 7) is 10.4. The molecule has 0 spiro atoms. The number of pyridine rings is 1. The van der Waals surface area contributed by atoms with Crippen molar-refractivity contribution in [1.29, 1.82) is 0 Å². The fourth-order valence-corrected chi connectivity index (χ4v) is 5.54. The molecule has 0 aliphatic carbocycles. The van der Waals surface area contributed by atoms with Crippen molar-refractivity contribution < 1.29 is 28.4 Å². The fraction of sp³-hybridized carbons (Fsp3) is 0.433. The van der Waals surface area contributed by atoms with Crippen LogP contribution in [0.5, 0.6) is 0 Å². The molecule has 0 saturated carbocycles. The van der Waals surface area contributed by atoms with Crippen LogP contribution in [0.2, 0.25) is 0 Å². The maximum atomic E-state index is 14.5. The maximum Gasteiger partial charge on any atom is 0.494 e. The molecule has 10 heteroatoms. The van der Waals surface area contributed by atoms with E-state index in [1.165, 1.54) is 17.0 Å². The number of halogens is 1. The predicted molar refractivity (Wildman–Crippen MR) is 152 cm³/mol. The van der Waals surface area contributed by atoms with Gasteiger partial charge < -0.3 is 24.2 Å². The van der Waals surface area contributed by atoms with Gasteiger partial charge in [-0.1, -0.05) is 18.2 Å². The third-order valence-electron chi connectivity index (χ3n) is 8.44. The Hall–Kier alpha value is -3.50. The van der Waals surface area contributed by atoms with Gasteiger partial charge >= 0.3 is 13.2 Å². The average molecular weight is 547 g/mol. The number of aromatic nitrogens is 1. The molecule has 2 fully saturated rings. The normalized spacial score (nSPS) is 19.8. The number of carboxylic acid groups (broad SMARTS) is 1. The smallest absolute Gasteiger partial charge is 0.465 e. The molecule has 2 aliphatic rings. The van der Waals surface area contributed by atoms with E-state index < -0.39 is 30.2 Å². The summed E-state index contributed by atoms with van der Waals surface area (Å²) in [4.78, 5) is 33.5. The summed E-state index contributed by atoms with van der Waals surface area (Å²) in [6, 6.07) is 9.93. The molecule has 2 saturated heterocycles. The molecule has 40 heavy (non-hydrogen) atoms. The summed E-state index contributed by atoms with van der Waals surface area (Å²) in [7, 11) is 1.03. The van der Waals surface area contributed by atoms with E-state index >= 15 is 0 Å². The van der Waals surface area contributed by atoms with Crippen LogP contribution in [0.3, 0.4) is 0 Å². The van der Waals surface area contributed by atoms with Crippen molar-refractivity contribution in [1.82, 2.24) is 14.8 Å². The second-order valence-corrected chi connectivity index (χ2v) is 11.9. The molecule has 1 atom stereocenters. The Bertz CT molecular complexity index is 1460. The number of benzene rings is 2. The van der Waals surface area contributed by atoms with Crippen LogP contribution in [0.15, 0.2) is 42.6 Å². The maximum absolute atomic E-state index is 14.5. The Labute approximate surface area is 234 Å². The first-order valence-electron chi connectivity index (χ1n) is 13.6. The van der Waals surface area contributed by atoms with Crippen LogP contribution in [0.4, 0.5) is 9.18 Å². The number of aryl methyl sites for hydroxylation is 1. The Morgan fingerprint density at radius 2 is 1.85 bits per heavy atom. The summed E-state index contributed by atoms with van der Waals surface area (Å²) in [5, 5.41) is 10.2. The van der Waals surface area contributed by atoms with Crippen molar-refractivity contribution in [2.75, 3.05) is 20.1 Å². The Morgan fingerprint density at radius 3 is 2.50 bits per heavy atom. The fourth-order valence-electron chi connectivity index (χ4n) is 5.54. The van der Waals surface area contributed by atoms with Crippen molar-refractivity contribution in [3.63, 3.8) is 0 Å². The number of carbonyl (C=O) groups excluding carboxylic acids is 1. The highest BCUT2D eigenvalue weighted by Crippen LogP contribution is 2.37. The summed E-state index contributed by atoms with van der Waals surface area (Å²) >= 11 is 0. The highest BCUT2D eigenvalue weighted by molar-refractivity contribution is 6.62. The molecular formula is C30H35BFN3O5. The van der Waals surface area contributed by atoms with Gasteiger partial charge in [0.25, 0.3) is 5.91 Å². The number of rotatable bonds is 5. The lowest BCUT2D eigenvalue weighted by Gasteiger charge is -2.32. The SMILES string of the molecule is Cc1cc(F)cc(-c2cnc3ccc(B4OC(C)(C)C(C)(C)O4)cc3c2C(=O)N(C)C[C@@H]2CCCN2C(=O)O)c1. The van der Waals surface area contributed by atoms with Gasteiger partial charge in [0.2, 0.25) is 0 Å². The number of amides is 2. The lowest BCUT2D eigenvalue weighted by molar-refractivity contribution is 0.00578. The Kier molecular flexibility index (Phi) is 7.12. The van der Waals surface area contributed by atoms with Gasteiger partial charge in [0.15, 0.2) is 0 Å². The van der Waals surface area contributed by atoms with E-state index in [-0.39, 0.29) is 18.5 Å². The van der Waals surface area contributed by atoms with Crippen LogP contribution in [0, 0.1) is 12.7 Å². The van der Waals surface area contributed by atoms with Gasteiger partial charge in [-0.25, -0.2) is 9.18 Å². The van der Waals surface area contributed by atoms with Gasteiger partial charge in [-0.2, -0.15) is 0 Å². The van der Waals surface area contributed by atoms with Crippen molar-refractivity contribution in [2.24, 2.45) is 0 Å². The monoisotopic (exact) mass is 547 g/mol. The number of likely N-dealkylation sites (tertiary alicyclic amines) is 1. The lowest BCUT2D eigenvalue weighted by atomic mass is 9.78. The van der Waals surface area contributed by atoms with Gasteiger partial charge in [-0.05, 0) is 82.2 Å². The van der Waals surface area contributed by atoms with Gasteiger partial charge in [-0.15, -0.1) is 0 Å². The second kappa shape index (κ2) is 10.2. The molecule has 0 radical (unpaired) electrons. The topological polar surface area (TPSA) is 92.2 Å². The van der Waals surface area contributed by atoms with E-state index in [2.05, 4.69) is 4.98 Å². The number of hydrogen-bond donors (Lipinski definition) is 1. The zero-order valence-electron chi connectivity index (χ0n) is 23.8. The van der Waals surface area contributed by atoms with Gasteiger partial charge in [0.05, 0.1) is 28.3 Å². The van der Waals surface area contributed by atoms with E-state index in [0.717, 1.165) is 17.4 Å². The van der Waals surface area contributed by atoms with E-state index in [9.17, 15) is 19.1 Å². The average Bonchev–Trinajstić information content (AvgIpc) is 3.42. The van der Waals surface area contributed by atoms with Crippen molar-refractivity contribution >= 4 is 35.5 Å². The van der Waals surface area contributed by atoms with Crippen LogP contribution in [0.25, 0.3) is 22.0 Å². The Balaban J connectivity index is 1.62. The third kappa shape index (κ3) is 5.06. The molecule has 2 amide bonds. The zero-order valence-corrected chi connectivity index (χ0v) is 23.8. The molecule has 0 unspecified atom stereocenters. The van der Waals surface area contributed by atoms with Crippen molar-refractivity contribution in [2.45, 2.75) is 64.7 Å². The molecule has 0 bridgehead atoms. The molecule has 2 aromatic carbocycles. The number of likely N-dealkylation sites (N-methyl/N-ethyl adjacent to an activating group) is 1. The molecule has 2 aliphatic heterocycles. The van der Waals surface area contributed by atoms with Crippen LogP contribution in [-0.2, 0) is 9.31 Å². The van der Waals surface area contributed by atoms with Crippen molar-refractivity contribution in [3.8, 4) is 11.1 Å². The first-order valence-corrected chi connectivity index (χ1v) is 13.6. The highest BCUT2D eigenvalue weighted by atomic mass is 19.1. The van der Waals surface area contributed by atoms with Crippen LogP contribution >= 0.6 is 0 Å².